The fourth-order valence-electron chi connectivity index (χ4n) is 2.37. The molecule has 105 valence electrons. The lowest BCUT2D eigenvalue weighted by molar-refractivity contribution is 0.538. The van der Waals surface area contributed by atoms with Crippen LogP contribution in [0.3, 0.4) is 0 Å². The molecular formula is C18H33. The molecule has 0 unspecified atom stereocenters. The zero-order chi connectivity index (χ0) is 13.3. The third kappa shape index (κ3) is 15.7. The van der Waals surface area contributed by atoms with E-state index < -0.39 is 0 Å². The number of unbranched alkanes of at least 4 members (excludes halogenated alkanes) is 14. The Bertz CT molecular complexity index is 148. The van der Waals surface area contributed by atoms with Gasteiger partial charge in [-0.25, -0.2) is 0 Å². The molecule has 0 saturated heterocycles. The van der Waals surface area contributed by atoms with Gasteiger partial charge in [-0.2, -0.15) is 0 Å². The first-order valence-electron chi connectivity index (χ1n) is 8.20. The second kappa shape index (κ2) is 16.7. The minimum Gasteiger partial charge on any atom is -0.0760 e. The summed E-state index contributed by atoms with van der Waals surface area (Å²) in [5, 5.41) is 0. The summed E-state index contributed by atoms with van der Waals surface area (Å²) in [5.41, 5.74) is 0. The van der Waals surface area contributed by atoms with Crippen molar-refractivity contribution in [3.8, 4) is 0 Å². The van der Waals surface area contributed by atoms with Crippen LogP contribution in [0.2, 0.25) is 0 Å². The predicted molar refractivity (Wildman–Crippen MR) is 82.4 cm³/mol. The quantitative estimate of drug-likeness (QED) is 0.289. The van der Waals surface area contributed by atoms with Gasteiger partial charge >= 0.3 is 0 Å². The topological polar surface area (TPSA) is 0 Å². The van der Waals surface area contributed by atoms with Crippen molar-refractivity contribution in [2.45, 2.75) is 96.3 Å². The van der Waals surface area contributed by atoms with E-state index in [1.54, 1.807) is 0 Å². The van der Waals surface area contributed by atoms with Crippen molar-refractivity contribution in [1.29, 1.82) is 0 Å². The van der Waals surface area contributed by atoms with Gasteiger partial charge in [0.15, 0.2) is 0 Å². The zero-order valence-electron chi connectivity index (χ0n) is 12.4. The summed E-state index contributed by atoms with van der Waals surface area (Å²) >= 11 is 0. The lowest BCUT2D eigenvalue weighted by atomic mass is 10.0. The van der Waals surface area contributed by atoms with E-state index in [0.717, 1.165) is 12.8 Å². The first kappa shape index (κ1) is 17.7. The van der Waals surface area contributed by atoms with E-state index in [9.17, 15) is 0 Å². The molecule has 18 heavy (non-hydrogen) atoms. The standard InChI is InChI=1S/C18H33/c1-3-5-7-9-11-13-15-17-18-16-14-12-10-8-6-4-2/h4H,1,3,5-18H2. The van der Waals surface area contributed by atoms with Crippen LogP contribution < -0.4 is 0 Å². The highest BCUT2D eigenvalue weighted by Crippen LogP contribution is 2.13. The summed E-state index contributed by atoms with van der Waals surface area (Å²) in [4.78, 5) is 0. The number of hydrogen-bond acceptors (Lipinski definition) is 0. The van der Waals surface area contributed by atoms with E-state index in [1.165, 1.54) is 89.5 Å². The van der Waals surface area contributed by atoms with Gasteiger partial charge < -0.3 is 0 Å². The minimum absolute atomic E-state index is 0.980. The van der Waals surface area contributed by atoms with Crippen LogP contribution in [0.25, 0.3) is 0 Å². The van der Waals surface area contributed by atoms with Crippen molar-refractivity contribution in [1.82, 2.24) is 0 Å². The van der Waals surface area contributed by atoms with Crippen molar-refractivity contribution in [3.05, 3.63) is 19.6 Å². The Hall–Kier alpha value is -0.260. The van der Waals surface area contributed by atoms with Gasteiger partial charge in [0.1, 0.15) is 0 Å². The highest BCUT2D eigenvalue weighted by Gasteiger charge is 1.93. The molecule has 0 aromatic carbocycles. The van der Waals surface area contributed by atoms with Gasteiger partial charge in [0.2, 0.25) is 0 Å². The van der Waals surface area contributed by atoms with Crippen molar-refractivity contribution in [2.24, 2.45) is 0 Å². The third-order valence-corrected chi connectivity index (χ3v) is 3.60. The fraction of sp³-hybridized carbons (Fsp3) is 0.833. The Morgan fingerprint density at radius 1 is 0.556 bits per heavy atom. The number of hydrogen-bond donors (Lipinski definition) is 0. The maximum Gasteiger partial charge on any atom is -0.0146 e. The molecule has 0 aromatic rings. The second-order valence-electron chi connectivity index (χ2n) is 5.44. The summed E-state index contributed by atoms with van der Waals surface area (Å²) in [7, 11) is 0. The molecule has 0 nitrogen and oxygen atoms in total. The van der Waals surface area contributed by atoms with E-state index in [0.29, 0.717) is 0 Å². The summed E-state index contributed by atoms with van der Waals surface area (Å²) in [6.45, 7) is 10.8. The summed E-state index contributed by atoms with van der Waals surface area (Å²) < 4.78 is 0. The molecule has 0 atom stereocenters. The highest BCUT2D eigenvalue weighted by atomic mass is 14.0. The van der Waals surface area contributed by atoms with Crippen LogP contribution in [-0.2, 0) is 0 Å². The van der Waals surface area contributed by atoms with Crippen LogP contribution in [0.5, 0.6) is 0 Å². The Morgan fingerprint density at radius 3 is 1.22 bits per heavy atom. The van der Waals surface area contributed by atoms with Gasteiger partial charge in [-0.05, 0) is 19.4 Å². The molecule has 0 heterocycles. The average Bonchev–Trinajstić information content (AvgIpc) is 2.39. The summed E-state index contributed by atoms with van der Waals surface area (Å²) in [6.07, 6.45) is 21.7. The highest BCUT2D eigenvalue weighted by molar-refractivity contribution is 4.61. The van der Waals surface area contributed by atoms with E-state index in [2.05, 4.69) is 6.92 Å². The number of rotatable bonds is 15. The number of allylic oxidation sites excluding steroid dienone is 1. The molecule has 0 aliphatic carbocycles. The molecule has 0 amide bonds. The van der Waals surface area contributed by atoms with Crippen LogP contribution in [0.4, 0.5) is 0 Å². The Kier molecular flexibility index (Phi) is 16.5. The van der Waals surface area contributed by atoms with E-state index in [1.807, 2.05) is 0 Å². The van der Waals surface area contributed by atoms with Gasteiger partial charge in [0, 0.05) is 0 Å². The van der Waals surface area contributed by atoms with E-state index in [4.69, 9.17) is 6.58 Å². The lowest BCUT2D eigenvalue weighted by Gasteiger charge is -2.02. The maximum absolute atomic E-state index is 6.94. The third-order valence-electron chi connectivity index (χ3n) is 3.60. The van der Waals surface area contributed by atoms with Gasteiger partial charge in [-0.15, -0.1) is 0 Å². The monoisotopic (exact) mass is 249 g/mol. The van der Waals surface area contributed by atoms with Gasteiger partial charge in [0.05, 0.1) is 0 Å². The van der Waals surface area contributed by atoms with Crippen molar-refractivity contribution in [2.75, 3.05) is 0 Å². The molecule has 0 aromatic heterocycles. The van der Waals surface area contributed by atoms with Crippen LogP contribution >= 0.6 is 0 Å². The molecule has 0 spiro atoms. The first-order valence-corrected chi connectivity index (χ1v) is 8.20. The first-order chi connectivity index (χ1) is 8.91. The molecule has 0 fully saturated rings. The van der Waals surface area contributed by atoms with E-state index >= 15 is 0 Å². The Balaban J connectivity index is 2.88. The van der Waals surface area contributed by atoms with Crippen molar-refractivity contribution < 1.29 is 0 Å². The van der Waals surface area contributed by atoms with Gasteiger partial charge in [-0.3, -0.25) is 0 Å². The van der Waals surface area contributed by atoms with Crippen LogP contribution in [0, 0.1) is 13.5 Å². The normalized spacial score (nSPS) is 10.7. The van der Waals surface area contributed by atoms with Crippen molar-refractivity contribution in [3.63, 3.8) is 0 Å². The average molecular weight is 249 g/mol. The Morgan fingerprint density at radius 2 is 0.889 bits per heavy atom. The molecule has 0 rings (SSSR count). The largest absolute Gasteiger partial charge is 0.0760 e. The van der Waals surface area contributed by atoms with Gasteiger partial charge in [-0.1, -0.05) is 96.5 Å². The molecule has 0 heteroatoms. The van der Waals surface area contributed by atoms with Crippen LogP contribution in [0.1, 0.15) is 96.3 Å². The molecule has 0 N–H and O–H groups in total. The maximum atomic E-state index is 6.94. The Labute approximate surface area is 116 Å². The smallest absolute Gasteiger partial charge is 0.0146 e. The predicted octanol–water partition coefficient (Wildman–Crippen LogP) is 6.54. The molecule has 0 saturated carbocycles. The molecule has 0 aliphatic heterocycles. The van der Waals surface area contributed by atoms with E-state index in [-0.39, 0.29) is 0 Å². The van der Waals surface area contributed by atoms with Crippen LogP contribution in [0.15, 0.2) is 6.08 Å². The molecule has 3 radical (unpaired) electrons. The molecule has 0 bridgehead atoms. The molecule has 0 aliphatic rings. The summed E-state index contributed by atoms with van der Waals surface area (Å²) in [5.74, 6) is 0. The van der Waals surface area contributed by atoms with Crippen molar-refractivity contribution >= 4 is 0 Å². The molecular weight excluding hydrogens is 216 g/mol. The summed E-state index contributed by atoms with van der Waals surface area (Å²) in [6, 6.07) is 0. The fourth-order valence-corrected chi connectivity index (χ4v) is 2.37. The lowest BCUT2D eigenvalue weighted by Crippen LogP contribution is -1.83. The van der Waals surface area contributed by atoms with Gasteiger partial charge in [0.25, 0.3) is 0 Å². The minimum atomic E-state index is 0.980. The zero-order valence-corrected chi connectivity index (χ0v) is 12.4. The van der Waals surface area contributed by atoms with Crippen LogP contribution in [-0.4, -0.2) is 0 Å². The second-order valence-corrected chi connectivity index (χ2v) is 5.44. The SMILES string of the molecule is [C]=CCCCCCCCCCCCCCCC[CH2].